The Morgan fingerprint density at radius 1 is 1.27 bits per heavy atom. The molecule has 15 heavy (non-hydrogen) atoms. The van der Waals surface area contributed by atoms with E-state index in [9.17, 15) is 0 Å². The third-order valence-electron chi connectivity index (χ3n) is 4.61. The van der Waals surface area contributed by atoms with E-state index in [1.807, 2.05) is 0 Å². The highest BCUT2D eigenvalue weighted by Crippen LogP contribution is 2.31. The van der Waals surface area contributed by atoms with Crippen molar-refractivity contribution in [3.8, 4) is 0 Å². The predicted octanol–water partition coefficient (Wildman–Crippen LogP) is 0.374. The summed E-state index contributed by atoms with van der Waals surface area (Å²) in [5.41, 5.74) is 0. The van der Waals surface area contributed by atoms with Crippen molar-refractivity contribution in [2.24, 2.45) is 5.92 Å². The van der Waals surface area contributed by atoms with Gasteiger partial charge in [-0.3, -0.25) is 4.90 Å². The molecule has 0 aromatic heterocycles. The Balaban J connectivity index is 1.68. The van der Waals surface area contributed by atoms with Crippen LogP contribution in [0.25, 0.3) is 0 Å². The summed E-state index contributed by atoms with van der Waals surface area (Å²) in [6.07, 6.45) is 2.86. The maximum atomic E-state index is 3.41. The molecule has 0 saturated carbocycles. The Bertz CT molecular complexity index is 227. The minimum atomic E-state index is 0.840. The summed E-state index contributed by atoms with van der Waals surface area (Å²) in [4.78, 5) is 5.43. The van der Waals surface area contributed by atoms with Crippen LogP contribution in [0.1, 0.15) is 19.8 Å². The van der Waals surface area contributed by atoms with E-state index in [0.717, 1.165) is 18.0 Å². The summed E-state index contributed by atoms with van der Waals surface area (Å²) < 4.78 is 0. The van der Waals surface area contributed by atoms with Gasteiger partial charge < -0.3 is 10.2 Å². The number of nitrogens with one attached hydrogen (secondary N) is 1. The SMILES string of the molecule is CCN(C1CNC1)C1CCN2CCC1C2. The monoisotopic (exact) mass is 209 g/mol. The number of hydrogen-bond donors (Lipinski definition) is 1. The standard InChI is InChI=1S/C12H23N3/c1-2-15(11-7-13-8-11)12-4-6-14-5-3-10(12)9-14/h10-13H,2-9H2,1H3. The minimum absolute atomic E-state index is 0.840. The van der Waals surface area contributed by atoms with Crippen LogP contribution in [-0.2, 0) is 0 Å². The van der Waals surface area contributed by atoms with Gasteiger partial charge in [0.1, 0.15) is 0 Å². The Morgan fingerprint density at radius 2 is 2.07 bits per heavy atom. The Labute approximate surface area is 92.8 Å². The molecular formula is C12H23N3. The molecule has 3 nitrogen and oxygen atoms in total. The van der Waals surface area contributed by atoms with E-state index in [-0.39, 0.29) is 0 Å². The molecule has 3 aliphatic heterocycles. The van der Waals surface area contributed by atoms with E-state index in [1.54, 1.807) is 0 Å². The highest BCUT2D eigenvalue weighted by molar-refractivity contribution is 4.96. The van der Waals surface area contributed by atoms with Crippen LogP contribution in [0, 0.1) is 5.92 Å². The molecule has 3 heterocycles. The van der Waals surface area contributed by atoms with Gasteiger partial charge in [-0.05, 0) is 38.4 Å². The van der Waals surface area contributed by atoms with Gasteiger partial charge in [0.15, 0.2) is 0 Å². The van der Waals surface area contributed by atoms with Gasteiger partial charge in [0, 0.05) is 31.7 Å². The second-order valence-electron chi connectivity index (χ2n) is 5.35. The normalized spacial score (nSPS) is 40.8. The lowest BCUT2D eigenvalue weighted by molar-refractivity contribution is 0.0449. The molecule has 3 heteroatoms. The summed E-state index contributed by atoms with van der Waals surface area (Å²) in [7, 11) is 0. The van der Waals surface area contributed by atoms with Crippen LogP contribution in [0.15, 0.2) is 0 Å². The summed E-state index contributed by atoms with van der Waals surface area (Å²) in [6, 6.07) is 1.73. The lowest BCUT2D eigenvalue weighted by Gasteiger charge is -2.46. The van der Waals surface area contributed by atoms with Crippen molar-refractivity contribution < 1.29 is 0 Å². The quantitative estimate of drug-likeness (QED) is 0.725. The van der Waals surface area contributed by atoms with Crippen LogP contribution in [0.3, 0.4) is 0 Å². The maximum absolute atomic E-state index is 3.41. The molecule has 0 aromatic rings. The molecule has 3 aliphatic rings. The molecule has 3 rings (SSSR count). The van der Waals surface area contributed by atoms with Crippen LogP contribution in [-0.4, -0.2) is 61.2 Å². The van der Waals surface area contributed by atoms with Crippen LogP contribution >= 0.6 is 0 Å². The summed E-state index contributed by atoms with van der Waals surface area (Å²) in [5.74, 6) is 0.972. The highest BCUT2D eigenvalue weighted by atomic mass is 15.3. The Morgan fingerprint density at radius 3 is 2.73 bits per heavy atom. The van der Waals surface area contributed by atoms with Crippen molar-refractivity contribution in [1.29, 1.82) is 0 Å². The molecule has 3 saturated heterocycles. The van der Waals surface area contributed by atoms with Crippen LogP contribution in [0.4, 0.5) is 0 Å². The van der Waals surface area contributed by atoms with Gasteiger partial charge in [-0.15, -0.1) is 0 Å². The third-order valence-corrected chi connectivity index (χ3v) is 4.61. The van der Waals surface area contributed by atoms with Crippen molar-refractivity contribution in [1.82, 2.24) is 15.1 Å². The second-order valence-corrected chi connectivity index (χ2v) is 5.35. The molecule has 0 aromatic carbocycles. The first kappa shape index (κ1) is 10.1. The van der Waals surface area contributed by atoms with Crippen molar-refractivity contribution in [2.75, 3.05) is 39.3 Å². The number of fused-ring (bicyclic) bond motifs is 2. The van der Waals surface area contributed by atoms with E-state index in [1.165, 1.54) is 52.1 Å². The molecular weight excluding hydrogens is 186 g/mol. The molecule has 0 amide bonds. The van der Waals surface area contributed by atoms with Crippen LogP contribution in [0.5, 0.6) is 0 Å². The predicted molar refractivity (Wildman–Crippen MR) is 62.0 cm³/mol. The molecule has 3 fully saturated rings. The van der Waals surface area contributed by atoms with Gasteiger partial charge in [-0.1, -0.05) is 6.92 Å². The van der Waals surface area contributed by atoms with Gasteiger partial charge >= 0.3 is 0 Å². The number of piperidine rings is 1. The lowest BCUT2D eigenvalue weighted by Crippen LogP contribution is -2.62. The summed E-state index contributed by atoms with van der Waals surface area (Å²) >= 11 is 0. The molecule has 86 valence electrons. The first-order valence-electron chi connectivity index (χ1n) is 6.57. The molecule has 0 aliphatic carbocycles. The zero-order chi connectivity index (χ0) is 10.3. The van der Waals surface area contributed by atoms with Gasteiger partial charge in [0.2, 0.25) is 0 Å². The molecule has 3 atom stereocenters. The average Bonchev–Trinajstić information content (AvgIpc) is 2.56. The smallest absolute Gasteiger partial charge is 0.0348 e. The zero-order valence-electron chi connectivity index (χ0n) is 9.78. The summed E-state index contributed by atoms with van der Waals surface area (Å²) in [6.45, 7) is 10.1. The first-order valence-corrected chi connectivity index (χ1v) is 6.57. The highest BCUT2D eigenvalue weighted by Gasteiger charge is 2.39. The van der Waals surface area contributed by atoms with Crippen LogP contribution < -0.4 is 5.32 Å². The fraction of sp³-hybridized carbons (Fsp3) is 1.00. The van der Waals surface area contributed by atoms with Gasteiger partial charge in [-0.2, -0.15) is 0 Å². The zero-order valence-corrected chi connectivity index (χ0v) is 9.78. The maximum Gasteiger partial charge on any atom is 0.0348 e. The van der Waals surface area contributed by atoms with Gasteiger partial charge in [-0.25, -0.2) is 0 Å². The second kappa shape index (κ2) is 4.04. The average molecular weight is 209 g/mol. The first-order chi connectivity index (χ1) is 7.38. The molecule has 2 bridgehead atoms. The van der Waals surface area contributed by atoms with E-state index in [2.05, 4.69) is 22.0 Å². The van der Waals surface area contributed by atoms with Gasteiger partial charge in [0.25, 0.3) is 0 Å². The number of likely N-dealkylation sites (N-methyl/N-ethyl adjacent to an activating group) is 1. The van der Waals surface area contributed by atoms with Crippen molar-refractivity contribution in [3.05, 3.63) is 0 Å². The topological polar surface area (TPSA) is 18.5 Å². The minimum Gasteiger partial charge on any atom is -0.314 e. The molecule has 0 radical (unpaired) electrons. The lowest BCUT2D eigenvalue weighted by atomic mass is 9.90. The molecule has 0 spiro atoms. The van der Waals surface area contributed by atoms with Crippen molar-refractivity contribution in [2.45, 2.75) is 31.8 Å². The largest absolute Gasteiger partial charge is 0.314 e. The number of rotatable bonds is 3. The van der Waals surface area contributed by atoms with Crippen molar-refractivity contribution >= 4 is 0 Å². The van der Waals surface area contributed by atoms with E-state index < -0.39 is 0 Å². The molecule has 1 N–H and O–H groups in total. The van der Waals surface area contributed by atoms with E-state index in [0.29, 0.717) is 0 Å². The van der Waals surface area contributed by atoms with E-state index in [4.69, 9.17) is 0 Å². The van der Waals surface area contributed by atoms with Crippen LogP contribution in [0.2, 0.25) is 0 Å². The fourth-order valence-corrected chi connectivity index (χ4v) is 3.64. The van der Waals surface area contributed by atoms with Gasteiger partial charge in [0.05, 0.1) is 0 Å². The Kier molecular flexibility index (Phi) is 2.71. The van der Waals surface area contributed by atoms with E-state index >= 15 is 0 Å². The Hall–Kier alpha value is -0.120. The summed E-state index contributed by atoms with van der Waals surface area (Å²) in [5, 5.41) is 3.41. The molecule has 3 unspecified atom stereocenters. The fourth-order valence-electron chi connectivity index (χ4n) is 3.64. The number of nitrogens with zero attached hydrogens (tertiary/aromatic N) is 2. The van der Waals surface area contributed by atoms with Crippen molar-refractivity contribution in [3.63, 3.8) is 0 Å². The third kappa shape index (κ3) is 1.71. The number of hydrogen-bond acceptors (Lipinski definition) is 3.